The molecule has 20 heavy (non-hydrogen) atoms. The predicted octanol–water partition coefficient (Wildman–Crippen LogP) is 2.91. The zero-order chi connectivity index (χ0) is 15.4. The van der Waals surface area contributed by atoms with E-state index in [0.29, 0.717) is 11.8 Å². The van der Waals surface area contributed by atoms with E-state index in [-0.39, 0.29) is 23.7 Å². The molecule has 0 saturated heterocycles. The van der Waals surface area contributed by atoms with Crippen LogP contribution in [0.4, 0.5) is 0 Å². The first-order chi connectivity index (χ1) is 9.22. The van der Waals surface area contributed by atoms with Crippen LogP contribution in [-0.2, 0) is 0 Å². The van der Waals surface area contributed by atoms with Crippen LogP contribution in [0.1, 0.15) is 54.4 Å². The lowest BCUT2D eigenvalue weighted by molar-refractivity contribution is 0.149. The predicted molar refractivity (Wildman–Crippen MR) is 80.4 cm³/mol. The van der Waals surface area contributed by atoms with Crippen LogP contribution in [0.3, 0.4) is 0 Å². The van der Waals surface area contributed by atoms with E-state index in [4.69, 9.17) is 9.47 Å². The van der Waals surface area contributed by atoms with Crippen molar-refractivity contribution in [3.63, 3.8) is 0 Å². The molecule has 0 amide bonds. The Kier molecular flexibility index (Phi) is 5.78. The van der Waals surface area contributed by atoms with E-state index in [2.05, 4.69) is 27.7 Å². The molecule has 0 aromatic heterocycles. The Morgan fingerprint density at radius 2 is 1.00 bits per heavy atom. The third kappa shape index (κ3) is 4.36. The average molecular weight is 282 g/mol. The van der Waals surface area contributed by atoms with E-state index in [1.54, 1.807) is 0 Å². The van der Waals surface area contributed by atoms with Gasteiger partial charge < -0.3 is 9.47 Å². The van der Waals surface area contributed by atoms with Gasteiger partial charge in [-0.15, -0.1) is 0 Å². The van der Waals surface area contributed by atoms with Crippen LogP contribution in [0.25, 0.3) is 0 Å². The maximum atomic E-state index is 11.6. The van der Waals surface area contributed by atoms with Gasteiger partial charge in [-0.1, -0.05) is 27.7 Å². The molecule has 0 spiro atoms. The van der Waals surface area contributed by atoms with Crippen molar-refractivity contribution in [2.75, 3.05) is 0 Å². The highest BCUT2D eigenvalue weighted by Crippen LogP contribution is 2.25. The molecule has 4 heteroatoms. The Balaban J connectivity index is 2.72. The van der Waals surface area contributed by atoms with E-state index < -0.39 is 10.9 Å². The first-order valence-electron chi connectivity index (χ1n) is 7.38. The quantitative estimate of drug-likeness (QED) is 0.688. The normalized spacial score (nSPS) is 14.8. The standard InChI is InChI=1S/C16H26O4/c1-9(2)7-11(5)19-15-13(17)14(18)16(15)20-12(6)8-10(3)4/h9-12H,7-8H2,1-6H3. The van der Waals surface area contributed by atoms with E-state index >= 15 is 0 Å². The van der Waals surface area contributed by atoms with Gasteiger partial charge in [0.05, 0.1) is 12.2 Å². The molecule has 0 aliphatic carbocycles. The molecule has 0 N–H and O–H groups in total. The van der Waals surface area contributed by atoms with Crippen LogP contribution in [-0.4, -0.2) is 12.2 Å². The van der Waals surface area contributed by atoms with Gasteiger partial charge in [-0.3, -0.25) is 9.59 Å². The van der Waals surface area contributed by atoms with Crippen molar-refractivity contribution < 1.29 is 9.47 Å². The zero-order valence-corrected chi connectivity index (χ0v) is 13.4. The highest BCUT2D eigenvalue weighted by Gasteiger charge is 2.27. The molecule has 0 bridgehead atoms. The molecule has 2 atom stereocenters. The smallest absolute Gasteiger partial charge is 0.275 e. The number of hydrogen-bond donors (Lipinski definition) is 0. The van der Waals surface area contributed by atoms with Gasteiger partial charge in [0.2, 0.25) is 11.5 Å². The first kappa shape index (κ1) is 16.7. The summed E-state index contributed by atoms with van der Waals surface area (Å²) < 4.78 is 11.2. The van der Waals surface area contributed by atoms with Crippen molar-refractivity contribution in [1.29, 1.82) is 0 Å². The van der Waals surface area contributed by atoms with Crippen molar-refractivity contribution in [3.05, 3.63) is 20.4 Å². The Hall–Kier alpha value is -1.32. The molecular weight excluding hydrogens is 256 g/mol. The molecule has 0 radical (unpaired) electrons. The van der Waals surface area contributed by atoms with Gasteiger partial charge in [-0.05, 0) is 38.5 Å². The summed E-state index contributed by atoms with van der Waals surface area (Å²) in [4.78, 5) is 23.2. The summed E-state index contributed by atoms with van der Waals surface area (Å²) in [5, 5.41) is 0. The number of rotatable bonds is 8. The fourth-order valence-electron chi connectivity index (χ4n) is 2.39. The van der Waals surface area contributed by atoms with Crippen LogP contribution >= 0.6 is 0 Å². The molecule has 0 saturated carbocycles. The summed E-state index contributed by atoms with van der Waals surface area (Å²) in [5.74, 6) is 1.17. The van der Waals surface area contributed by atoms with E-state index in [1.165, 1.54) is 0 Å². The maximum Gasteiger partial charge on any atom is 0.275 e. The molecule has 4 nitrogen and oxygen atoms in total. The lowest BCUT2D eigenvalue weighted by Gasteiger charge is -2.22. The monoisotopic (exact) mass is 282 g/mol. The summed E-state index contributed by atoms with van der Waals surface area (Å²) in [6.07, 6.45) is 1.47. The third-order valence-corrected chi connectivity index (χ3v) is 3.07. The minimum atomic E-state index is -0.563. The highest BCUT2D eigenvalue weighted by atomic mass is 16.5. The van der Waals surface area contributed by atoms with Crippen LogP contribution < -0.4 is 20.3 Å². The van der Waals surface area contributed by atoms with Gasteiger partial charge in [-0.2, -0.15) is 0 Å². The molecule has 114 valence electrons. The van der Waals surface area contributed by atoms with Crippen molar-refractivity contribution in [2.45, 2.75) is 66.6 Å². The van der Waals surface area contributed by atoms with Gasteiger partial charge in [0.1, 0.15) is 0 Å². The maximum absolute atomic E-state index is 11.6. The third-order valence-electron chi connectivity index (χ3n) is 3.07. The van der Waals surface area contributed by atoms with Crippen molar-refractivity contribution in [2.24, 2.45) is 11.8 Å². The van der Waals surface area contributed by atoms with Gasteiger partial charge in [0, 0.05) is 0 Å². The molecule has 1 aromatic carbocycles. The summed E-state index contributed by atoms with van der Waals surface area (Å²) in [6, 6.07) is 0. The molecule has 1 aromatic rings. The van der Waals surface area contributed by atoms with Crippen LogP contribution in [0.5, 0.6) is 11.5 Å². The number of ether oxygens (including phenoxy) is 2. The van der Waals surface area contributed by atoms with Gasteiger partial charge >= 0.3 is 0 Å². The molecule has 0 aliphatic heterocycles. The van der Waals surface area contributed by atoms with Crippen LogP contribution in [0.15, 0.2) is 9.59 Å². The second-order valence-corrected chi connectivity index (χ2v) is 6.43. The Bertz CT molecular complexity index is 449. The molecule has 2 unspecified atom stereocenters. The summed E-state index contributed by atoms with van der Waals surface area (Å²) in [5.41, 5.74) is -1.13. The van der Waals surface area contributed by atoms with Crippen LogP contribution in [0.2, 0.25) is 0 Å². The van der Waals surface area contributed by atoms with Gasteiger partial charge in [-0.25, -0.2) is 0 Å². The lowest BCUT2D eigenvalue weighted by atomic mass is 10.1. The first-order valence-corrected chi connectivity index (χ1v) is 7.38. The second-order valence-electron chi connectivity index (χ2n) is 6.43. The van der Waals surface area contributed by atoms with E-state index in [0.717, 1.165) is 12.8 Å². The number of hydrogen-bond acceptors (Lipinski definition) is 4. The SMILES string of the molecule is CC(C)CC(C)Oc1c(OC(C)CC(C)C)c(=O)c1=O. The van der Waals surface area contributed by atoms with Crippen molar-refractivity contribution in [1.82, 2.24) is 0 Å². The van der Waals surface area contributed by atoms with E-state index in [1.807, 2.05) is 13.8 Å². The lowest BCUT2D eigenvalue weighted by Crippen LogP contribution is -2.37. The van der Waals surface area contributed by atoms with E-state index in [9.17, 15) is 9.59 Å². The fourth-order valence-corrected chi connectivity index (χ4v) is 2.39. The largest absolute Gasteiger partial charge is 0.483 e. The summed E-state index contributed by atoms with van der Waals surface area (Å²) >= 11 is 0. The van der Waals surface area contributed by atoms with Crippen molar-refractivity contribution >= 4 is 0 Å². The van der Waals surface area contributed by atoms with Crippen LogP contribution in [0, 0.1) is 11.8 Å². The Morgan fingerprint density at radius 1 is 0.700 bits per heavy atom. The summed E-state index contributed by atoms with van der Waals surface area (Å²) in [6.45, 7) is 12.2. The zero-order valence-electron chi connectivity index (χ0n) is 13.4. The minimum absolute atomic E-state index is 0.0962. The molecule has 0 aliphatic rings. The fraction of sp³-hybridized carbons (Fsp3) is 0.750. The highest BCUT2D eigenvalue weighted by molar-refractivity contribution is 5.46. The topological polar surface area (TPSA) is 52.6 Å². The minimum Gasteiger partial charge on any atom is -0.483 e. The Labute approximate surface area is 120 Å². The second kappa shape index (κ2) is 6.91. The van der Waals surface area contributed by atoms with Crippen molar-refractivity contribution in [3.8, 4) is 11.5 Å². The van der Waals surface area contributed by atoms with Gasteiger partial charge in [0.15, 0.2) is 0 Å². The van der Waals surface area contributed by atoms with Gasteiger partial charge in [0.25, 0.3) is 10.9 Å². The molecule has 0 heterocycles. The summed E-state index contributed by atoms with van der Waals surface area (Å²) in [7, 11) is 0. The Morgan fingerprint density at radius 3 is 1.25 bits per heavy atom. The average Bonchev–Trinajstić information content (AvgIpc) is 2.31. The molecule has 0 fully saturated rings. The molecule has 1 rings (SSSR count). The molecular formula is C16H26O4.